The monoisotopic (exact) mass is 302 g/mol. The van der Waals surface area contributed by atoms with Gasteiger partial charge in [-0.2, -0.15) is 5.10 Å². The molecule has 0 radical (unpaired) electrons. The highest BCUT2D eigenvalue weighted by atomic mass is 19.1. The third-order valence-electron chi connectivity index (χ3n) is 4.66. The van der Waals surface area contributed by atoms with Gasteiger partial charge in [-0.1, -0.05) is 30.3 Å². The van der Waals surface area contributed by atoms with Crippen molar-refractivity contribution in [2.45, 2.75) is 44.8 Å². The molecule has 0 spiro atoms. The van der Waals surface area contributed by atoms with Crippen molar-refractivity contribution in [2.24, 2.45) is 0 Å². The van der Waals surface area contributed by atoms with E-state index in [4.69, 9.17) is 0 Å². The van der Waals surface area contributed by atoms with Crippen molar-refractivity contribution in [3.8, 4) is 0 Å². The Morgan fingerprint density at radius 1 is 1.27 bits per heavy atom. The van der Waals surface area contributed by atoms with Crippen LogP contribution in [0.2, 0.25) is 0 Å². The molecule has 0 saturated carbocycles. The molecule has 0 aliphatic carbocycles. The van der Waals surface area contributed by atoms with Gasteiger partial charge >= 0.3 is 0 Å². The van der Waals surface area contributed by atoms with Crippen LogP contribution in [0.15, 0.2) is 36.7 Å². The van der Waals surface area contributed by atoms with Gasteiger partial charge in [0.25, 0.3) is 0 Å². The lowest BCUT2D eigenvalue weighted by molar-refractivity contribution is 0.140. The molecule has 2 heterocycles. The number of alkyl halides is 1. The smallest absolute Gasteiger partial charge is 0.141 e. The van der Waals surface area contributed by atoms with E-state index in [1.807, 2.05) is 0 Å². The molecule has 1 saturated heterocycles. The van der Waals surface area contributed by atoms with Gasteiger partial charge in [-0.25, -0.2) is 14.1 Å². The van der Waals surface area contributed by atoms with Gasteiger partial charge in [-0.05, 0) is 38.3 Å². The maximum atomic E-state index is 12.6. The molecule has 0 bridgehead atoms. The van der Waals surface area contributed by atoms with Crippen LogP contribution in [0, 0.1) is 0 Å². The van der Waals surface area contributed by atoms with Gasteiger partial charge in [0.05, 0.1) is 13.1 Å². The van der Waals surface area contributed by atoms with E-state index in [0.717, 1.165) is 25.3 Å². The van der Waals surface area contributed by atoms with Crippen molar-refractivity contribution in [1.82, 2.24) is 19.7 Å². The lowest BCUT2D eigenvalue weighted by atomic mass is 9.90. The van der Waals surface area contributed by atoms with Crippen molar-refractivity contribution >= 4 is 0 Å². The molecule has 4 nitrogen and oxygen atoms in total. The van der Waals surface area contributed by atoms with Crippen LogP contribution in [-0.4, -0.2) is 38.4 Å². The topological polar surface area (TPSA) is 34.0 Å². The zero-order chi connectivity index (χ0) is 15.4. The van der Waals surface area contributed by atoms with Crippen LogP contribution in [0.4, 0.5) is 4.39 Å². The SMILES string of the molecule is C[C@]1(Cc2ccccc2)CCCN1Cc1ncnn1CCF. The second-order valence-electron chi connectivity index (χ2n) is 6.27. The molecule has 1 aliphatic rings. The Morgan fingerprint density at radius 3 is 2.86 bits per heavy atom. The summed E-state index contributed by atoms with van der Waals surface area (Å²) in [6, 6.07) is 10.6. The summed E-state index contributed by atoms with van der Waals surface area (Å²) in [7, 11) is 0. The molecular formula is C17H23FN4. The van der Waals surface area contributed by atoms with Crippen molar-refractivity contribution in [1.29, 1.82) is 0 Å². The minimum Gasteiger partial charge on any atom is -0.290 e. The van der Waals surface area contributed by atoms with E-state index >= 15 is 0 Å². The van der Waals surface area contributed by atoms with E-state index in [-0.39, 0.29) is 5.54 Å². The molecule has 1 aromatic carbocycles. The molecule has 0 unspecified atom stereocenters. The van der Waals surface area contributed by atoms with Gasteiger partial charge in [0.2, 0.25) is 0 Å². The number of aryl methyl sites for hydroxylation is 1. The van der Waals surface area contributed by atoms with E-state index in [1.54, 1.807) is 4.68 Å². The average molecular weight is 302 g/mol. The molecule has 5 heteroatoms. The molecule has 0 N–H and O–H groups in total. The van der Waals surface area contributed by atoms with E-state index in [0.29, 0.717) is 6.54 Å². The zero-order valence-corrected chi connectivity index (χ0v) is 13.1. The Morgan fingerprint density at radius 2 is 2.09 bits per heavy atom. The van der Waals surface area contributed by atoms with E-state index in [9.17, 15) is 4.39 Å². The van der Waals surface area contributed by atoms with Crippen LogP contribution in [0.3, 0.4) is 0 Å². The summed E-state index contributed by atoms with van der Waals surface area (Å²) in [4.78, 5) is 6.79. The van der Waals surface area contributed by atoms with Crippen molar-refractivity contribution in [3.63, 3.8) is 0 Å². The number of nitrogens with zero attached hydrogens (tertiary/aromatic N) is 4. The molecule has 118 valence electrons. The molecule has 1 aliphatic heterocycles. The fourth-order valence-corrected chi connectivity index (χ4v) is 3.43. The predicted molar refractivity (Wildman–Crippen MR) is 84.2 cm³/mol. The Kier molecular flexibility index (Phi) is 4.52. The second kappa shape index (κ2) is 6.57. The van der Waals surface area contributed by atoms with Crippen LogP contribution in [0.1, 0.15) is 31.2 Å². The normalized spacial score (nSPS) is 22.3. The molecule has 2 aromatic rings. The van der Waals surface area contributed by atoms with Gasteiger partial charge in [-0.15, -0.1) is 0 Å². The predicted octanol–water partition coefficient (Wildman–Crippen LogP) is 2.84. The lowest BCUT2D eigenvalue weighted by Crippen LogP contribution is -2.43. The summed E-state index contributed by atoms with van der Waals surface area (Å²) >= 11 is 0. The number of benzene rings is 1. The third-order valence-corrected chi connectivity index (χ3v) is 4.66. The van der Waals surface area contributed by atoms with Gasteiger partial charge in [-0.3, -0.25) is 4.90 Å². The quantitative estimate of drug-likeness (QED) is 0.823. The number of aromatic nitrogens is 3. The van der Waals surface area contributed by atoms with Gasteiger partial charge in [0.1, 0.15) is 18.8 Å². The summed E-state index contributed by atoms with van der Waals surface area (Å²) in [6.07, 6.45) is 4.93. The fraction of sp³-hybridized carbons (Fsp3) is 0.529. The first-order valence-corrected chi connectivity index (χ1v) is 7.93. The van der Waals surface area contributed by atoms with Gasteiger partial charge < -0.3 is 0 Å². The van der Waals surface area contributed by atoms with Crippen molar-refractivity contribution in [2.75, 3.05) is 13.2 Å². The summed E-state index contributed by atoms with van der Waals surface area (Å²) in [5, 5.41) is 4.12. The Bertz CT molecular complexity index is 598. The molecule has 0 amide bonds. The Hall–Kier alpha value is -1.75. The number of hydrogen-bond donors (Lipinski definition) is 0. The lowest BCUT2D eigenvalue weighted by Gasteiger charge is -2.35. The highest BCUT2D eigenvalue weighted by Crippen LogP contribution is 2.33. The molecular weight excluding hydrogens is 279 g/mol. The number of rotatable bonds is 6. The maximum absolute atomic E-state index is 12.6. The summed E-state index contributed by atoms with van der Waals surface area (Å²) < 4.78 is 14.3. The first-order chi connectivity index (χ1) is 10.7. The van der Waals surface area contributed by atoms with Gasteiger partial charge in [0.15, 0.2) is 0 Å². The summed E-state index contributed by atoms with van der Waals surface area (Å²) in [5.41, 5.74) is 1.50. The maximum Gasteiger partial charge on any atom is 0.141 e. The van der Waals surface area contributed by atoms with Gasteiger partial charge in [0, 0.05) is 5.54 Å². The highest BCUT2D eigenvalue weighted by molar-refractivity contribution is 5.18. The Balaban J connectivity index is 1.73. The number of hydrogen-bond acceptors (Lipinski definition) is 3. The molecule has 1 aromatic heterocycles. The zero-order valence-electron chi connectivity index (χ0n) is 13.1. The van der Waals surface area contributed by atoms with Crippen molar-refractivity contribution < 1.29 is 4.39 Å². The minimum absolute atomic E-state index is 0.133. The fourth-order valence-electron chi connectivity index (χ4n) is 3.43. The molecule has 22 heavy (non-hydrogen) atoms. The second-order valence-corrected chi connectivity index (χ2v) is 6.27. The largest absolute Gasteiger partial charge is 0.290 e. The van der Waals surface area contributed by atoms with Crippen molar-refractivity contribution in [3.05, 3.63) is 48.0 Å². The van der Waals surface area contributed by atoms with Crippen LogP contribution in [0.5, 0.6) is 0 Å². The Labute approximate surface area is 131 Å². The van der Waals surface area contributed by atoms with Crippen LogP contribution >= 0.6 is 0 Å². The first-order valence-electron chi connectivity index (χ1n) is 7.93. The minimum atomic E-state index is -0.405. The van der Waals surface area contributed by atoms with Crippen LogP contribution < -0.4 is 0 Å². The van der Waals surface area contributed by atoms with E-state index in [1.165, 1.54) is 24.7 Å². The third kappa shape index (κ3) is 3.19. The average Bonchev–Trinajstić information content (AvgIpc) is 3.09. The van der Waals surface area contributed by atoms with E-state index < -0.39 is 6.67 Å². The highest BCUT2D eigenvalue weighted by Gasteiger charge is 2.37. The van der Waals surface area contributed by atoms with Crippen LogP contribution in [-0.2, 0) is 19.5 Å². The summed E-state index contributed by atoms with van der Waals surface area (Å²) in [5.74, 6) is 0.860. The standard InChI is InChI=1S/C17H23FN4/c1-17(12-15-6-3-2-4-7-15)8-5-10-21(17)13-16-19-14-20-22(16)11-9-18/h2-4,6-7,14H,5,8-13H2,1H3/t17-/m1/s1. The number of halogens is 1. The molecule has 1 fully saturated rings. The van der Waals surface area contributed by atoms with Crippen LogP contribution in [0.25, 0.3) is 0 Å². The van der Waals surface area contributed by atoms with E-state index in [2.05, 4.69) is 52.2 Å². The molecule has 1 atom stereocenters. The summed E-state index contributed by atoms with van der Waals surface area (Å²) in [6.45, 7) is 4.01. The molecule has 3 rings (SSSR count). The first kappa shape index (κ1) is 15.2. The number of likely N-dealkylation sites (tertiary alicyclic amines) is 1.